The Labute approximate surface area is 176 Å². The van der Waals surface area contributed by atoms with E-state index in [0.29, 0.717) is 11.4 Å². The second kappa shape index (κ2) is 7.21. The predicted molar refractivity (Wildman–Crippen MR) is 111 cm³/mol. The Balaban J connectivity index is 1.29. The zero-order valence-electron chi connectivity index (χ0n) is 16.1. The molecule has 1 atom stereocenters. The van der Waals surface area contributed by atoms with Crippen LogP contribution in [0.15, 0.2) is 48.5 Å². The van der Waals surface area contributed by atoms with Crippen LogP contribution in [0.4, 0.5) is 4.79 Å². The fraction of sp³-hybridized carbons (Fsp3) is 0.273. The van der Waals surface area contributed by atoms with Gasteiger partial charge in [-0.25, -0.2) is 9.78 Å². The quantitative estimate of drug-likeness (QED) is 0.517. The fourth-order valence-corrected chi connectivity index (χ4v) is 5.13. The molecule has 0 unspecified atom stereocenters. The highest BCUT2D eigenvalue weighted by molar-refractivity contribution is 7.18. The number of nitrogens with one attached hydrogen (secondary N) is 1. The zero-order valence-corrected chi connectivity index (χ0v) is 16.9. The highest BCUT2D eigenvalue weighted by Crippen LogP contribution is 2.39. The lowest BCUT2D eigenvalue weighted by molar-refractivity contribution is -0.149. The van der Waals surface area contributed by atoms with Crippen molar-refractivity contribution in [2.24, 2.45) is 0 Å². The number of benzene rings is 2. The molecule has 8 heteroatoms. The van der Waals surface area contributed by atoms with Crippen LogP contribution in [0.3, 0.4) is 0 Å². The van der Waals surface area contributed by atoms with Crippen molar-refractivity contribution in [2.45, 2.75) is 31.4 Å². The number of para-hydroxylation sites is 1. The van der Waals surface area contributed by atoms with Crippen LogP contribution in [0.5, 0.6) is 0 Å². The fourth-order valence-electron chi connectivity index (χ4n) is 4.25. The van der Waals surface area contributed by atoms with Gasteiger partial charge in [0.05, 0.1) is 10.2 Å². The van der Waals surface area contributed by atoms with E-state index < -0.39 is 30.0 Å². The number of hydrogen-bond acceptors (Lipinski definition) is 6. The van der Waals surface area contributed by atoms with Crippen molar-refractivity contribution in [3.63, 3.8) is 0 Å². The first-order valence-corrected chi connectivity index (χ1v) is 10.6. The summed E-state index contributed by atoms with van der Waals surface area (Å²) in [6, 6.07) is 14.7. The van der Waals surface area contributed by atoms with Gasteiger partial charge in [0.2, 0.25) is 0 Å². The van der Waals surface area contributed by atoms with E-state index in [1.165, 1.54) is 11.3 Å². The van der Waals surface area contributed by atoms with Gasteiger partial charge in [-0.05, 0) is 42.5 Å². The van der Waals surface area contributed by atoms with Crippen LogP contribution in [-0.2, 0) is 32.9 Å². The molecule has 1 N–H and O–H groups in total. The molecule has 2 aromatic carbocycles. The van der Waals surface area contributed by atoms with Gasteiger partial charge in [0.1, 0.15) is 23.7 Å². The molecule has 0 radical (unpaired) electrons. The number of rotatable bonds is 4. The molecular formula is C22H19N3O4S. The molecule has 1 spiro atoms. The van der Waals surface area contributed by atoms with Gasteiger partial charge in [-0.15, -0.1) is 11.3 Å². The second-order valence-electron chi connectivity index (χ2n) is 7.47. The van der Waals surface area contributed by atoms with Crippen LogP contribution in [0, 0.1) is 0 Å². The maximum atomic E-state index is 13.2. The summed E-state index contributed by atoms with van der Waals surface area (Å²) in [5.74, 6) is -1.03. The summed E-state index contributed by atoms with van der Waals surface area (Å²) < 4.78 is 6.31. The van der Waals surface area contributed by atoms with Crippen molar-refractivity contribution in [1.82, 2.24) is 15.2 Å². The molecular weight excluding hydrogens is 402 g/mol. The van der Waals surface area contributed by atoms with Crippen LogP contribution in [-0.4, -0.2) is 34.3 Å². The zero-order chi connectivity index (χ0) is 20.7. The number of esters is 1. The topological polar surface area (TPSA) is 88.6 Å². The molecule has 7 nitrogen and oxygen atoms in total. The summed E-state index contributed by atoms with van der Waals surface area (Å²) in [7, 11) is 0. The second-order valence-corrected chi connectivity index (χ2v) is 8.59. The Morgan fingerprint density at radius 3 is 2.83 bits per heavy atom. The van der Waals surface area contributed by atoms with Crippen molar-refractivity contribution < 1.29 is 19.1 Å². The molecule has 1 aromatic heterocycles. The Hall–Kier alpha value is -3.26. The molecule has 1 aliphatic heterocycles. The number of nitrogens with zero attached hydrogens (tertiary/aromatic N) is 2. The Kier molecular flexibility index (Phi) is 4.51. The van der Waals surface area contributed by atoms with Crippen molar-refractivity contribution in [1.29, 1.82) is 0 Å². The highest BCUT2D eigenvalue weighted by atomic mass is 32.1. The van der Waals surface area contributed by atoms with E-state index in [9.17, 15) is 14.4 Å². The molecule has 3 aromatic rings. The minimum atomic E-state index is -1.08. The summed E-state index contributed by atoms with van der Waals surface area (Å²) in [5, 5.41) is 3.51. The van der Waals surface area contributed by atoms with Crippen molar-refractivity contribution in [3.8, 4) is 0 Å². The maximum Gasteiger partial charge on any atom is 0.326 e. The van der Waals surface area contributed by atoms with E-state index in [-0.39, 0.29) is 6.61 Å². The van der Waals surface area contributed by atoms with Crippen molar-refractivity contribution in [2.75, 3.05) is 6.54 Å². The number of urea groups is 1. The number of ether oxygens (including phenoxy) is 1. The number of fused-ring (bicyclic) bond motifs is 3. The summed E-state index contributed by atoms with van der Waals surface area (Å²) in [5.41, 5.74) is 1.64. The monoisotopic (exact) mass is 421 g/mol. The number of imide groups is 1. The van der Waals surface area contributed by atoms with E-state index in [0.717, 1.165) is 39.1 Å². The minimum Gasteiger partial charge on any atom is -0.457 e. The average Bonchev–Trinajstić information content (AvgIpc) is 3.27. The third-order valence-corrected chi connectivity index (χ3v) is 6.64. The molecule has 1 fully saturated rings. The first-order chi connectivity index (χ1) is 14.6. The van der Waals surface area contributed by atoms with E-state index in [4.69, 9.17) is 4.74 Å². The summed E-state index contributed by atoms with van der Waals surface area (Å²) >= 11 is 1.44. The number of carbonyl (C=O) groups excluding carboxylic acids is 3. The predicted octanol–water partition coefficient (Wildman–Crippen LogP) is 3.12. The van der Waals surface area contributed by atoms with Gasteiger partial charge in [-0.2, -0.15) is 0 Å². The standard InChI is InChI=1S/C22H19N3O4S/c26-19(29-13-18-23-16-9-3-4-10-17(16)30-18)12-25-20(27)22(24-21(25)28)11-5-7-14-6-1-2-8-15(14)22/h1-4,6,8-10H,5,7,11-13H2,(H,24,28)/t22-/m0/s1. The third-order valence-electron chi connectivity index (χ3n) is 5.63. The maximum absolute atomic E-state index is 13.2. The van der Waals surface area contributed by atoms with Gasteiger partial charge in [0.15, 0.2) is 0 Å². The molecule has 0 saturated carbocycles. The van der Waals surface area contributed by atoms with Crippen molar-refractivity contribution in [3.05, 3.63) is 64.7 Å². The van der Waals surface area contributed by atoms with Crippen LogP contribution in [0.2, 0.25) is 0 Å². The number of thiazole rings is 1. The minimum absolute atomic E-state index is 0.00973. The number of carbonyl (C=O) groups is 3. The molecule has 2 heterocycles. The van der Waals surface area contributed by atoms with E-state index in [2.05, 4.69) is 10.3 Å². The van der Waals surface area contributed by atoms with Crippen molar-refractivity contribution >= 4 is 39.5 Å². The van der Waals surface area contributed by atoms with Crippen LogP contribution < -0.4 is 5.32 Å². The first-order valence-electron chi connectivity index (χ1n) is 9.79. The molecule has 5 rings (SSSR count). The third kappa shape index (κ3) is 3.04. The van der Waals surface area contributed by atoms with Gasteiger partial charge >= 0.3 is 12.0 Å². The summed E-state index contributed by atoms with van der Waals surface area (Å²) in [4.78, 5) is 43.5. The van der Waals surface area contributed by atoms with Gasteiger partial charge in [0.25, 0.3) is 5.91 Å². The van der Waals surface area contributed by atoms with E-state index in [1.807, 2.05) is 48.5 Å². The lowest BCUT2D eigenvalue weighted by Gasteiger charge is -2.33. The Morgan fingerprint density at radius 2 is 1.97 bits per heavy atom. The summed E-state index contributed by atoms with van der Waals surface area (Å²) in [6.07, 6.45) is 2.18. The lowest BCUT2D eigenvalue weighted by atomic mass is 9.76. The molecule has 0 bridgehead atoms. The molecule has 1 saturated heterocycles. The smallest absolute Gasteiger partial charge is 0.326 e. The van der Waals surface area contributed by atoms with Gasteiger partial charge < -0.3 is 10.1 Å². The molecule has 3 amide bonds. The molecule has 30 heavy (non-hydrogen) atoms. The Bertz CT molecular complexity index is 1140. The number of amides is 3. The van der Waals surface area contributed by atoms with Gasteiger partial charge in [0, 0.05) is 0 Å². The SMILES string of the molecule is O=C(CN1C(=O)N[C@]2(CCCc3ccccc32)C1=O)OCc1nc2ccccc2s1. The van der Waals surface area contributed by atoms with Crippen LogP contribution >= 0.6 is 11.3 Å². The first kappa shape index (κ1) is 18.7. The van der Waals surface area contributed by atoms with E-state index in [1.54, 1.807) is 0 Å². The summed E-state index contributed by atoms with van der Waals surface area (Å²) in [6.45, 7) is -0.407. The number of hydrogen-bond donors (Lipinski definition) is 1. The number of aromatic nitrogens is 1. The molecule has 152 valence electrons. The molecule has 1 aliphatic carbocycles. The highest BCUT2D eigenvalue weighted by Gasteiger charge is 2.54. The average molecular weight is 421 g/mol. The van der Waals surface area contributed by atoms with Gasteiger partial charge in [-0.3, -0.25) is 14.5 Å². The molecule has 2 aliphatic rings. The van der Waals surface area contributed by atoms with E-state index >= 15 is 0 Å². The Morgan fingerprint density at radius 1 is 1.17 bits per heavy atom. The largest absolute Gasteiger partial charge is 0.457 e. The van der Waals surface area contributed by atoms with Crippen LogP contribution in [0.1, 0.15) is 29.0 Å². The van der Waals surface area contributed by atoms with Gasteiger partial charge in [-0.1, -0.05) is 36.4 Å². The van der Waals surface area contributed by atoms with Crippen LogP contribution in [0.25, 0.3) is 10.2 Å². The number of aryl methyl sites for hydroxylation is 1. The normalized spacial score (nSPS) is 20.5. The lowest BCUT2D eigenvalue weighted by Crippen LogP contribution is -2.46.